The molecule has 90 valence electrons. The Bertz CT molecular complexity index is 161. The van der Waals surface area contributed by atoms with E-state index in [1.54, 1.807) is 0 Å². The average Bonchev–Trinajstić information content (AvgIpc) is 2.26. The topological polar surface area (TPSA) is 35.5 Å². The highest BCUT2D eigenvalue weighted by Gasteiger charge is 2.21. The van der Waals surface area contributed by atoms with Gasteiger partial charge in [0.05, 0.1) is 6.61 Å². The number of aliphatic hydroxyl groups is 1. The lowest BCUT2D eigenvalue weighted by Crippen LogP contribution is -2.48. The van der Waals surface area contributed by atoms with Crippen molar-refractivity contribution in [1.29, 1.82) is 0 Å². The van der Waals surface area contributed by atoms with Gasteiger partial charge in [0.15, 0.2) is 0 Å². The van der Waals surface area contributed by atoms with Crippen LogP contribution in [-0.2, 0) is 0 Å². The molecule has 0 amide bonds. The van der Waals surface area contributed by atoms with Crippen molar-refractivity contribution >= 4 is 0 Å². The van der Waals surface area contributed by atoms with E-state index in [0.29, 0.717) is 18.1 Å². The lowest BCUT2D eigenvalue weighted by Gasteiger charge is -2.36. The standard InChI is InChI=1S/C12H26N2O/c1-4-11(9-15)13-12-5-7-14(8-6-12)10(2)3/h10-13,15H,4-9H2,1-3H3/t11-/m1/s1. The quantitative estimate of drug-likeness (QED) is 0.722. The van der Waals surface area contributed by atoms with Gasteiger partial charge in [0.1, 0.15) is 0 Å². The van der Waals surface area contributed by atoms with Crippen molar-refractivity contribution in [2.24, 2.45) is 0 Å². The zero-order valence-electron chi connectivity index (χ0n) is 10.4. The number of nitrogens with zero attached hydrogens (tertiary/aromatic N) is 1. The van der Waals surface area contributed by atoms with E-state index in [9.17, 15) is 0 Å². The number of hydrogen-bond donors (Lipinski definition) is 2. The van der Waals surface area contributed by atoms with Gasteiger partial charge in [0, 0.05) is 18.1 Å². The molecule has 0 aromatic carbocycles. The summed E-state index contributed by atoms with van der Waals surface area (Å²) in [6.45, 7) is 9.29. The first-order valence-corrected chi connectivity index (χ1v) is 6.28. The van der Waals surface area contributed by atoms with E-state index in [1.165, 1.54) is 25.9 Å². The average molecular weight is 214 g/mol. The van der Waals surface area contributed by atoms with Crippen LogP contribution in [0.4, 0.5) is 0 Å². The Morgan fingerprint density at radius 2 is 1.93 bits per heavy atom. The highest BCUT2D eigenvalue weighted by Crippen LogP contribution is 2.13. The number of likely N-dealkylation sites (tertiary alicyclic amines) is 1. The Kier molecular flexibility index (Phi) is 5.58. The van der Waals surface area contributed by atoms with Crippen LogP contribution >= 0.6 is 0 Å². The van der Waals surface area contributed by atoms with Crippen LogP contribution in [0.15, 0.2) is 0 Å². The second-order valence-electron chi connectivity index (χ2n) is 4.86. The second kappa shape index (κ2) is 6.46. The summed E-state index contributed by atoms with van der Waals surface area (Å²) < 4.78 is 0. The third kappa shape index (κ3) is 4.09. The predicted molar refractivity (Wildman–Crippen MR) is 64.0 cm³/mol. The number of rotatable bonds is 5. The van der Waals surface area contributed by atoms with Gasteiger partial charge in [-0.3, -0.25) is 0 Å². The molecule has 0 unspecified atom stereocenters. The molecule has 15 heavy (non-hydrogen) atoms. The van der Waals surface area contributed by atoms with Gasteiger partial charge in [-0.05, 0) is 46.2 Å². The Hall–Kier alpha value is -0.120. The molecule has 3 heteroatoms. The molecule has 3 nitrogen and oxygen atoms in total. The Balaban J connectivity index is 2.25. The van der Waals surface area contributed by atoms with Gasteiger partial charge in [-0.15, -0.1) is 0 Å². The largest absolute Gasteiger partial charge is 0.395 e. The normalized spacial score (nSPS) is 22.2. The van der Waals surface area contributed by atoms with Crippen LogP contribution in [0.1, 0.15) is 40.0 Å². The molecule has 0 aliphatic carbocycles. The summed E-state index contributed by atoms with van der Waals surface area (Å²) in [7, 11) is 0. The van der Waals surface area contributed by atoms with Gasteiger partial charge in [-0.1, -0.05) is 6.92 Å². The third-order valence-corrected chi connectivity index (χ3v) is 3.44. The van der Waals surface area contributed by atoms with Crippen LogP contribution in [0.5, 0.6) is 0 Å². The molecule has 1 atom stereocenters. The van der Waals surface area contributed by atoms with Gasteiger partial charge in [-0.25, -0.2) is 0 Å². The van der Waals surface area contributed by atoms with Gasteiger partial charge >= 0.3 is 0 Å². The molecule has 1 aliphatic rings. The highest BCUT2D eigenvalue weighted by atomic mass is 16.3. The first kappa shape index (κ1) is 12.9. The van der Waals surface area contributed by atoms with Crippen LogP contribution < -0.4 is 5.32 Å². The SMILES string of the molecule is CC[C@H](CO)NC1CCN(C(C)C)CC1. The Labute approximate surface area is 93.9 Å². The number of nitrogens with one attached hydrogen (secondary N) is 1. The molecule has 1 aliphatic heterocycles. The predicted octanol–water partition coefficient (Wildman–Crippen LogP) is 1.22. The molecule has 1 heterocycles. The molecule has 0 spiro atoms. The number of aliphatic hydroxyl groups excluding tert-OH is 1. The number of hydrogen-bond acceptors (Lipinski definition) is 3. The first-order valence-electron chi connectivity index (χ1n) is 6.28. The van der Waals surface area contributed by atoms with Crippen molar-refractivity contribution < 1.29 is 5.11 Å². The van der Waals surface area contributed by atoms with Crippen molar-refractivity contribution in [3.8, 4) is 0 Å². The molecular weight excluding hydrogens is 188 g/mol. The van der Waals surface area contributed by atoms with E-state index in [0.717, 1.165) is 6.42 Å². The molecule has 2 N–H and O–H groups in total. The smallest absolute Gasteiger partial charge is 0.0584 e. The van der Waals surface area contributed by atoms with Crippen molar-refractivity contribution in [3.63, 3.8) is 0 Å². The molecule has 0 aromatic heterocycles. The molecule has 0 saturated carbocycles. The maximum Gasteiger partial charge on any atom is 0.0584 e. The van der Waals surface area contributed by atoms with Crippen molar-refractivity contribution in [1.82, 2.24) is 10.2 Å². The fraction of sp³-hybridized carbons (Fsp3) is 1.00. The minimum atomic E-state index is 0.265. The lowest BCUT2D eigenvalue weighted by atomic mass is 10.0. The minimum absolute atomic E-state index is 0.265. The molecule has 0 aromatic rings. The summed E-state index contributed by atoms with van der Waals surface area (Å²) in [4.78, 5) is 2.53. The fourth-order valence-corrected chi connectivity index (χ4v) is 2.22. The van der Waals surface area contributed by atoms with Crippen LogP contribution in [0.25, 0.3) is 0 Å². The second-order valence-corrected chi connectivity index (χ2v) is 4.86. The molecule has 1 rings (SSSR count). The zero-order chi connectivity index (χ0) is 11.3. The number of piperidine rings is 1. The zero-order valence-corrected chi connectivity index (χ0v) is 10.4. The summed E-state index contributed by atoms with van der Waals surface area (Å²) in [5, 5.41) is 12.7. The van der Waals surface area contributed by atoms with Gasteiger partial charge in [0.2, 0.25) is 0 Å². The third-order valence-electron chi connectivity index (χ3n) is 3.44. The summed E-state index contributed by atoms with van der Waals surface area (Å²) in [5.41, 5.74) is 0. The van der Waals surface area contributed by atoms with Crippen LogP contribution in [0.3, 0.4) is 0 Å². The monoisotopic (exact) mass is 214 g/mol. The molecule has 0 radical (unpaired) electrons. The first-order chi connectivity index (χ1) is 7.17. The maximum atomic E-state index is 9.12. The lowest BCUT2D eigenvalue weighted by molar-refractivity contribution is 0.145. The van der Waals surface area contributed by atoms with Crippen LogP contribution in [-0.4, -0.2) is 47.8 Å². The molecular formula is C12H26N2O. The van der Waals surface area contributed by atoms with Crippen molar-refractivity contribution in [2.45, 2.75) is 58.2 Å². The van der Waals surface area contributed by atoms with E-state index in [1.807, 2.05) is 0 Å². The van der Waals surface area contributed by atoms with Crippen molar-refractivity contribution in [2.75, 3.05) is 19.7 Å². The van der Waals surface area contributed by atoms with E-state index < -0.39 is 0 Å². The molecule has 1 saturated heterocycles. The summed E-state index contributed by atoms with van der Waals surface area (Å²) in [6.07, 6.45) is 3.45. The fourth-order valence-electron chi connectivity index (χ4n) is 2.22. The van der Waals surface area contributed by atoms with E-state index in [-0.39, 0.29) is 6.61 Å². The summed E-state index contributed by atoms with van der Waals surface area (Å²) in [6, 6.07) is 1.57. The Morgan fingerprint density at radius 3 is 2.33 bits per heavy atom. The van der Waals surface area contributed by atoms with Crippen LogP contribution in [0, 0.1) is 0 Å². The van der Waals surface area contributed by atoms with Gasteiger partial charge in [-0.2, -0.15) is 0 Å². The summed E-state index contributed by atoms with van der Waals surface area (Å²) in [5.74, 6) is 0. The van der Waals surface area contributed by atoms with Crippen molar-refractivity contribution in [3.05, 3.63) is 0 Å². The van der Waals surface area contributed by atoms with E-state index in [4.69, 9.17) is 5.11 Å². The summed E-state index contributed by atoms with van der Waals surface area (Å²) >= 11 is 0. The van der Waals surface area contributed by atoms with Gasteiger partial charge < -0.3 is 15.3 Å². The van der Waals surface area contributed by atoms with Crippen LogP contribution in [0.2, 0.25) is 0 Å². The van der Waals surface area contributed by atoms with E-state index in [2.05, 4.69) is 31.0 Å². The minimum Gasteiger partial charge on any atom is -0.395 e. The Morgan fingerprint density at radius 1 is 1.33 bits per heavy atom. The molecule has 1 fully saturated rings. The van der Waals surface area contributed by atoms with Gasteiger partial charge in [0.25, 0.3) is 0 Å². The highest BCUT2D eigenvalue weighted by molar-refractivity contribution is 4.81. The van der Waals surface area contributed by atoms with E-state index >= 15 is 0 Å². The maximum absolute atomic E-state index is 9.12. The molecule has 0 bridgehead atoms.